The Labute approximate surface area is 193 Å². The minimum atomic E-state index is -1.47. The van der Waals surface area contributed by atoms with Gasteiger partial charge in [-0.3, -0.25) is 4.79 Å². The Morgan fingerprint density at radius 3 is 2.09 bits per heavy atom. The normalized spacial score (nSPS) is 16.0. The summed E-state index contributed by atoms with van der Waals surface area (Å²) in [6, 6.07) is 14.8. The van der Waals surface area contributed by atoms with Crippen molar-refractivity contribution >= 4 is 18.0 Å². The molecule has 3 atom stereocenters. The van der Waals surface area contributed by atoms with Crippen LogP contribution in [0.15, 0.2) is 48.5 Å². The molecule has 0 fully saturated rings. The molecule has 0 radical (unpaired) electrons. The van der Waals surface area contributed by atoms with E-state index >= 15 is 0 Å². The van der Waals surface area contributed by atoms with Crippen LogP contribution in [0, 0.1) is 0 Å². The summed E-state index contributed by atoms with van der Waals surface area (Å²) in [7, 11) is 1.40. The Bertz CT molecular complexity index is 994. The van der Waals surface area contributed by atoms with Crippen molar-refractivity contribution in [2.45, 2.75) is 50.8 Å². The topological polar surface area (TPSA) is 114 Å². The Morgan fingerprint density at radius 1 is 1.06 bits per heavy atom. The lowest BCUT2D eigenvalue weighted by Crippen LogP contribution is -2.60. The summed E-state index contributed by atoms with van der Waals surface area (Å²) < 4.78 is 10.8. The molecule has 2 aromatic carbocycles. The number of rotatable bonds is 9. The minimum Gasteiger partial charge on any atom is -0.480 e. The third-order valence-electron chi connectivity index (χ3n) is 6.32. The molecule has 0 heterocycles. The zero-order chi connectivity index (χ0) is 24.2. The highest BCUT2D eigenvalue weighted by molar-refractivity contribution is 5.91. The third kappa shape index (κ3) is 5.01. The molecule has 8 heteroatoms. The van der Waals surface area contributed by atoms with Crippen LogP contribution in [0.25, 0.3) is 11.1 Å². The molecule has 2 aromatic rings. The predicted octanol–water partition coefficient (Wildman–Crippen LogP) is 3.30. The number of benzene rings is 2. The van der Waals surface area contributed by atoms with Crippen LogP contribution >= 0.6 is 0 Å². The molecule has 0 spiro atoms. The van der Waals surface area contributed by atoms with Gasteiger partial charge in [0.1, 0.15) is 18.2 Å². The lowest BCUT2D eigenvalue weighted by molar-refractivity contribution is -0.147. The van der Waals surface area contributed by atoms with Crippen LogP contribution in [0.5, 0.6) is 0 Å². The van der Waals surface area contributed by atoms with Gasteiger partial charge in [0.15, 0.2) is 0 Å². The molecule has 0 saturated heterocycles. The summed E-state index contributed by atoms with van der Waals surface area (Å²) in [5.74, 6) is -1.95. The first-order valence-corrected chi connectivity index (χ1v) is 10.9. The van der Waals surface area contributed by atoms with Crippen LogP contribution in [0.2, 0.25) is 0 Å². The average Bonchev–Trinajstić information content (AvgIpc) is 3.14. The second-order valence-electron chi connectivity index (χ2n) is 8.37. The summed E-state index contributed by atoms with van der Waals surface area (Å²) >= 11 is 0. The van der Waals surface area contributed by atoms with Crippen molar-refractivity contribution < 1.29 is 29.0 Å². The molecule has 1 aliphatic rings. The first kappa shape index (κ1) is 24.3. The molecule has 176 valence electrons. The number of nitrogens with one attached hydrogen (secondary N) is 2. The lowest BCUT2D eigenvalue weighted by atomic mass is 9.98. The van der Waals surface area contributed by atoms with Gasteiger partial charge >= 0.3 is 12.1 Å². The predicted molar refractivity (Wildman–Crippen MR) is 123 cm³/mol. The summed E-state index contributed by atoms with van der Waals surface area (Å²) in [5.41, 5.74) is 2.91. The fraction of sp³-hybridized carbons (Fsp3) is 0.400. The fourth-order valence-electron chi connectivity index (χ4n) is 3.94. The molecule has 33 heavy (non-hydrogen) atoms. The van der Waals surface area contributed by atoms with Gasteiger partial charge in [0.05, 0.1) is 6.10 Å². The Morgan fingerprint density at radius 2 is 1.61 bits per heavy atom. The number of carboxylic acid groups (broad SMARTS) is 1. The highest BCUT2D eigenvalue weighted by Crippen LogP contribution is 2.44. The molecule has 0 saturated carbocycles. The van der Waals surface area contributed by atoms with Gasteiger partial charge in [-0.2, -0.15) is 0 Å². The maximum atomic E-state index is 12.8. The number of fused-ring (bicyclic) bond motifs is 3. The number of carbonyl (C=O) groups excluding carboxylic acids is 2. The first-order chi connectivity index (χ1) is 15.7. The zero-order valence-electron chi connectivity index (χ0n) is 19.3. The lowest BCUT2D eigenvalue weighted by Gasteiger charge is -2.29. The van der Waals surface area contributed by atoms with Crippen molar-refractivity contribution in [1.29, 1.82) is 0 Å². The summed E-state index contributed by atoms with van der Waals surface area (Å²) in [6.07, 6.45) is -1.32. The number of alkyl carbamates (subject to hydrolysis) is 1. The van der Waals surface area contributed by atoms with Crippen LogP contribution in [-0.4, -0.2) is 54.5 Å². The van der Waals surface area contributed by atoms with Crippen LogP contribution < -0.4 is 10.6 Å². The number of carboxylic acids is 1. The molecule has 0 bridgehead atoms. The van der Waals surface area contributed by atoms with E-state index in [9.17, 15) is 19.5 Å². The van der Waals surface area contributed by atoms with E-state index in [-0.39, 0.29) is 18.9 Å². The molecule has 3 rings (SSSR count). The van der Waals surface area contributed by atoms with E-state index in [4.69, 9.17) is 9.47 Å². The van der Waals surface area contributed by atoms with Crippen molar-refractivity contribution in [3.63, 3.8) is 0 Å². The summed E-state index contributed by atoms with van der Waals surface area (Å²) in [4.78, 5) is 37.0. The molecule has 3 N–H and O–H groups in total. The van der Waals surface area contributed by atoms with Crippen molar-refractivity contribution in [1.82, 2.24) is 10.6 Å². The van der Waals surface area contributed by atoms with Crippen LogP contribution in [0.3, 0.4) is 0 Å². The minimum absolute atomic E-state index is 0.0946. The van der Waals surface area contributed by atoms with Gasteiger partial charge in [-0.25, -0.2) is 9.59 Å². The van der Waals surface area contributed by atoms with Gasteiger partial charge in [0.2, 0.25) is 5.91 Å². The van der Waals surface area contributed by atoms with E-state index in [1.165, 1.54) is 14.0 Å². The van der Waals surface area contributed by atoms with Gasteiger partial charge in [0.25, 0.3) is 0 Å². The van der Waals surface area contributed by atoms with Crippen molar-refractivity contribution in [3.05, 3.63) is 59.7 Å². The van der Waals surface area contributed by atoms with Gasteiger partial charge in [-0.05, 0) is 42.5 Å². The number of methoxy groups -OCH3 is 1. The second kappa shape index (κ2) is 10.0. The van der Waals surface area contributed by atoms with Crippen LogP contribution in [0.4, 0.5) is 4.79 Å². The second-order valence-corrected chi connectivity index (χ2v) is 8.37. The molecule has 1 unspecified atom stereocenters. The van der Waals surface area contributed by atoms with Gasteiger partial charge < -0.3 is 25.2 Å². The molecule has 0 aliphatic heterocycles. The highest BCUT2D eigenvalue weighted by atomic mass is 16.5. The molecule has 2 amide bonds. The maximum Gasteiger partial charge on any atom is 0.407 e. The standard InChI is InChI=1S/C25H30N2O6/c1-5-25(3,23(29)30)27-22(28)21(15(2)32-4)26-24(31)33-14-20-18-12-8-6-10-16(18)17-11-7-9-13-19(17)20/h6-13,15,20-21H,5,14H2,1-4H3,(H,26,31)(H,27,28)(H,29,30)/t15-,21+,25?/m1/s1. The number of hydrogen-bond donors (Lipinski definition) is 3. The van der Waals surface area contributed by atoms with E-state index in [1.807, 2.05) is 48.5 Å². The van der Waals surface area contributed by atoms with Crippen molar-refractivity contribution in [3.8, 4) is 11.1 Å². The van der Waals surface area contributed by atoms with Crippen LogP contribution in [0.1, 0.15) is 44.2 Å². The van der Waals surface area contributed by atoms with Crippen LogP contribution in [-0.2, 0) is 19.1 Å². The maximum absolute atomic E-state index is 12.8. The molecule has 0 aromatic heterocycles. The third-order valence-corrected chi connectivity index (χ3v) is 6.32. The number of aliphatic carboxylic acids is 1. The number of hydrogen-bond acceptors (Lipinski definition) is 5. The van der Waals surface area contributed by atoms with Gasteiger partial charge in [0, 0.05) is 13.0 Å². The summed E-state index contributed by atoms with van der Waals surface area (Å²) in [6.45, 7) is 4.77. The average molecular weight is 455 g/mol. The van der Waals surface area contributed by atoms with Gasteiger partial charge in [-0.1, -0.05) is 55.5 Å². The fourth-order valence-corrected chi connectivity index (χ4v) is 3.94. The highest BCUT2D eigenvalue weighted by Gasteiger charge is 2.37. The van der Waals surface area contributed by atoms with Crippen molar-refractivity contribution in [2.75, 3.05) is 13.7 Å². The Hall–Kier alpha value is -3.39. The monoisotopic (exact) mass is 454 g/mol. The smallest absolute Gasteiger partial charge is 0.407 e. The SMILES string of the molecule is CCC(C)(NC(=O)[C@@H](NC(=O)OCC1c2ccccc2-c2ccccc21)[C@@H](C)OC)C(=O)O. The Kier molecular flexibility index (Phi) is 7.38. The largest absolute Gasteiger partial charge is 0.480 e. The quantitative estimate of drug-likeness (QED) is 0.536. The summed E-state index contributed by atoms with van der Waals surface area (Å²) in [5, 5.41) is 14.5. The molecular weight excluding hydrogens is 424 g/mol. The van der Waals surface area contributed by atoms with E-state index in [0.717, 1.165) is 22.3 Å². The van der Waals surface area contributed by atoms with Gasteiger partial charge in [-0.15, -0.1) is 0 Å². The number of carbonyl (C=O) groups is 3. The van der Waals surface area contributed by atoms with E-state index in [0.29, 0.717) is 0 Å². The number of amides is 2. The first-order valence-electron chi connectivity index (χ1n) is 10.9. The van der Waals surface area contributed by atoms with E-state index < -0.39 is 35.7 Å². The molecule has 1 aliphatic carbocycles. The van der Waals surface area contributed by atoms with Crippen molar-refractivity contribution in [2.24, 2.45) is 0 Å². The molecular formula is C25H30N2O6. The zero-order valence-corrected chi connectivity index (χ0v) is 19.3. The van der Waals surface area contributed by atoms with E-state index in [1.54, 1.807) is 13.8 Å². The Balaban J connectivity index is 1.70. The number of ether oxygens (including phenoxy) is 2. The molecule has 8 nitrogen and oxygen atoms in total. The van der Waals surface area contributed by atoms with E-state index in [2.05, 4.69) is 10.6 Å².